The van der Waals surface area contributed by atoms with Crippen LogP contribution in [0.25, 0.3) is 0 Å². The lowest BCUT2D eigenvalue weighted by molar-refractivity contribution is -0.183. The van der Waals surface area contributed by atoms with E-state index in [4.69, 9.17) is 14.2 Å². The Labute approximate surface area is 163 Å². The van der Waals surface area contributed by atoms with Crippen molar-refractivity contribution in [3.05, 3.63) is 48.8 Å². The van der Waals surface area contributed by atoms with Gasteiger partial charge in [-0.25, -0.2) is 0 Å². The van der Waals surface area contributed by atoms with E-state index in [0.29, 0.717) is 0 Å². The highest BCUT2D eigenvalue weighted by Crippen LogP contribution is 2.49. The number of allylic oxidation sites excluding steroid dienone is 6. The highest BCUT2D eigenvalue weighted by molar-refractivity contribution is 6.18. The number of ketones is 1. The van der Waals surface area contributed by atoms with Gasteiger partial charge in [0.2, 0.25) is 5.78 Å². The molecule has 150 valence electrons. The van der Waals surface area contributed by atoms with E-state index in [0.717, 1.165) is 19.8 Å². The summed E-state index contributed by atoms with van der Waals surface area (Å²) in [6.07, 6.45) is 9.61. The Balaban J connectivity index is 2.55. The monoisotopic (exact) mass is 388 g/mol. The minimum Gasteiger partial charge on any atom is -0.456 e. The van der Waals surface area contributed by atoms with Gasteiger partial charge in [-0.05, 0) is 12.5 Å². The fraction of sp³-hybridized carbons (Fsp3) is 0.429. The molecule has 0 aromatic carbocycles. The van der Waals surface area contributed by atoms with Gasteiger partial charge >= 0.3 is 17.9 Å². The van der Waals surface area contributed by atoms with E-state index in [2.05, 4.69) is 6.58 Å². The fourth-order valence-corrected chi connectivity index (χ4v) is 3.40. The van der Waals surface area contributed by atoms with Gasteiger partial charge in [-0.2, -0.15) is 0 Å². The second kappa shape index (κ2) is 8.82. The van der Waals surface area contributed by atoms with E-state index < -0.39 is 47.2 Å². The lowest BCUT2D eigenvalue weighted by Crippen LogP contribution is -2.58. The summed E-state index contributed by atoms with van der Waals surface area (Å²) in [5.41, 5.74) is -1.90. The molecule has 1 aliphatic carbocycles. The Morgan fingerprint density at radius 3 is 2.39 bits per heavy atom. The number of cyclic esters (lactones) is 1. The summed E-state index contributed by atoms with van der Waals surface area (Å²) in [6, 6.07) is 0. The van der Waals surface area contributed by atoms with Gasteiger partial charge in [0.25, 0.3) is 0 Å². The Morgan fingerprint density at radius 1 is 1.18 bits per heavy atom. The number of carbonyl (C=O) groups excluding carboxylic acids is 4. The molecule has 4 atom stereocenters. The molecule has 1 fully saturated rings. The minimum absolute atomic E-state index is 0.334. The summed E-state index contributed by atoms with van der Waals surface area (Å²) >= 11 is 0. The summed E-state index contributed by atoms with van der Waals surface area (Å²) in [6.45, 7) is 7.86. The van der Waals surface area contributed by atoms with Crippen LogP contribution in [0.1, 0.15) is 33.6 Å². The number of ether oxygens (including phenoxy) is 3. The van der Waals surface area contributed by atoms with E-state index in [1.807, 2.05) is 19.1 Å². The Hall–Kier alpha value is -2.96. The molecule has 0 saturated carbocycles. The first-order chi connectivity index (χ1) is 13.2. The first-order valence-corrected chi connectivity index (χ1v) is 9.07. The molecule has 2 aliphatic rings. The predicted octanol–water partition coefficient (Wildman–Crippen LogP) is 2.57. The lowest BCUT2D eigenvalue weighted by atomic mass is 9.64. The molecule has 1 heterocycles. The summed E-state index contributed by atoms with van der Waals surface area (Å²) < 4.78 is 15.5. The van der Waals surface area contributed by atoms with Crippen molar-refractivity contribution in [3.63, 3.8) is 0 Å². The molecular formula is C21H24O7. The molecule has 7 nitrogen and oxygen atoms in total. The van der Waals surface area contributed by atoms with Crippen LogP contribution in [0.3, 0.4) is 0 Å². The van der Waals surface area contributed by atoms with Crippen molar-refractivity contribution in [2.24, 2.45) is 11.3 Å². The van der Waals surface area contributed by atoms with E-state index in [1.54, 1.807) is 18.2 Å². The molecule has 1 aliphatic heterocycles. The van der Waals surface area contributed by atoms with Crippen molar-refractivity contribution in [3.8, 4) is 0 Å². The van der Waals surface area contributed by atoms with Crippen LogP contribution in [0.4, 0.5) is 0 Å². The summed E-state index contributed by atoms with van der Waals surface area (Å²) in [5.74, 6) is -4.05. The maximum absolute atomic E-state index is 13.0. The van der Waals surface area contributed by atoms with Crippen molar-refractivity contribution >= 4 is 23.7 Å². The normalized spacial score (nSPS) is 29.7. The van der Waals surface area contributed by atoms with Gasteiger partial charge in [0, 0.05) is 19.8 Å². The average Bonchev–Trinajstić information content (AvgIpc) is 2.83. The quantitative estimate of drug-likeness (QED) is 0.172. The number of hydrogen-bond donors (Lipinski definition) is 0. The Bertz CT molecular complexity index is 774. The molecule has 1 spiro atoms. The standard InChI is InChI=1S/C21H24O7/c1-5-6-7-8-9-10-16-11-12-17(27-14(3)22)19(28-15(4)23)21(16)18(24)13(2)26-20(21)25/h7-12,16-17,19H,2,5-6H2,1,3-4H3/b8-7+,10-9+/t16-,17-,19+,21-/m1/s1. The third kappa shape index (κ3) is 3.98. The zero-order valence-electron chi connectivity index (χ0n) is 16.2. The van der Waals surface area contributed by atoms with Gasteiger partial charge in [-0.15, -0.1) is 0 Å². The summed E-state index contributed by atoms with van der Waals surface area (Å²) in [7, 11) is 0. The van der Waals surface area contributed by atoms with Crippen LogP contribution in [-0.2, 0) is 33.4 Å². The zero-order chi connectivity index (χ0) is 20.9. The molecule has 7 heteroatoms. The topological polar surface area (TPSA) is 96.0 Å². The molecule has 0 aromatic rings. The number of unbranched alkanes of at least 4 members (excludes halogenated alkanes) is 1. The van der Waals surface area contributed by atoms with E-state index in [9.17, 15) is 19.2 Å². The number of Topliss-reactive ketones (excluding diaryl/α,β-unsaturated/α-hetero) is 1. The molecule has 0 unspecified atom stereocenters. The van der Waals surface area contributed by atoms with E-state index in [-0.39, 0.29) is 5.76 Å². The maximum atomic E-state index is 13.0. The van der Waals surface area contributed by atoms with Crippen molar-refractivity contribution in [1.82, 2.24) is 0 Å². The van der Waals surface area contributed by atoms with E-state index >= 15 is 0 Å². The third-order valence-corrected chi connectivity index (χ3v) is 4.58. The second-order valence-electron chi connectivity index (χ2n) is 6.63. The van der Waals surface area contributed by atoms with Gasteiger partial charge in [-0.3, -0.25) is 19.2 Å². The second-order valence-corrected chi connectivity index (χ2v) is 6.63. The molecular weight excluding hydrogens is 364 g/mol. The number of esters is 3. The van der Waals surface area contributed by atoms with Gasteiger partial charge in [0.05, 0.1) is 0 Å². The SMILES string of the molecule is C=C1OC(=O)[C@@]2(C1=O)[C@H](/C=C/C=C/CCC)C=C[C@@H](OC(C)=O)[C@@H]2OC(C)=O. The van der Waals surface area contributed by atoms with Gasteiger partial charge in [0.1, 0.15) is 0 Å². The largest absolute Gasteiger partial charge is 0.456 e. The third-order valence-electron chi connectivity index (χ3n) is 4.58. The molecule has 0 amide bonds. The highest BCUT2D eigenvalue weighted by atomic mass is 16.6. The van der Waals surface area contributed by atoms with Crippen molar-refractivity contribution in [2.45, 2.75) is 45.8 Å². The summed E-state index contributed by atoms with van der Waals surface area (Å²) in [5, 5.41) is 0. The molecule has 28 heavy (non-hydrogen) atoms. The first-order valence-electron chi connectivity index (χ1n) is 9.07. The molecule has 0 radical (unpaired) electrons. The van der Waals surface area contributed by atoms with Crippen LogP contribution in [-0.4, -0.2) is 35.9 Å². The van der Waals surface area contributed by atoms with Crippen LogP contribution in [0.5, 0.6) is 0 Å². The van der Waals surface area contributed by atoms with Crippen molar-refractivity contribution in [2.75, 3.05) is 0 Å². The smallest absolute Gasteiger partial charge is 0.330 e. The molecule has 0 N–H and O–H groups in total. The van der Waals surface area contributed by atoms with Gasteiger partial charge in [-0.1, -0.05) is 50.3 Å². The predicted molar refractivity (Wildman–Crippen MR) is 99.6 cm³/mol. The Kier molecular flexibility index (Phi) is 6.72. The van der Waals surface area contributed by atoms with Crippen LogP contribution in [0.2, 0.25) is 0 Å². The molecule has 2 rings (SSSR count). The molecule has 0 aromatic heterocycles. The average molecular weight is 388 g/mol. The fourth-order valence-electron chi connectivity index (χ4n) is 3.40. The van der Waals surface area contributed by atoms with Crippen LogP contribution in [0, 0.1) is 11.3 Å². The Morgan fingerprint density at radius 2 is 1.86 bits per heavy atom. The lowest BCUT2D eigenvalue weighted by Gasteiger charge is -2.41. The van der Waals surface area contributed by atoms with Crippen LogP contribution >= 0.6 is 0 Å². The number of carbonyl (C=O) groups is 4. The minimum atomic E-state index is -1.90. The van der Waals surface area contributed by atoms with Gasteiger partial charge < -0.3 is 14.2 Å². The maximum Gasteiger partial charge on any atom is 0.330 e. The summed E-state index contributed by atoms with van der Waals surface area (Å²) in [4.78, 5) is 49.0. The molecule has 1 saturated heterocycles. The zero-order valence-corrected chi connectivity index (χ0v) is 16.2. The van der Waals surface area contributed by atoms with Crippen LogP contribution < -0.4 is 0 Å². The first kappa shape index (κ1) is 21.3. The van der Waals surface area contributed by atoms with Crippen molar-refractivity contribution in [1.29, 1.82) is 0 Å². The highest BCUT2D eigenvalue weighted by Gasteiger charge is 2.67. The van der Waals surface area contributed by atoms with E-state index in [1.165, 1.54) is 13.0 Å². The van der Waals surface area contributed by atoms with Gasteiger partial charge in [0.15, 0.2) is 23.4 Å². The molecule has 0 bridgehead atoms. The number of rotatable bonds is 6. The van der Waals surface area contributed by atoms with Crippen molar-refractivity contribution < 1.29 is 33.4 Å². The van der Waals surface area contributed by atoms with Crippen LogP contribution in [0.15, 0.2) is 48.8 Å². The number of hydrogen-bond acceptors (Lipinski definition) is 7.